The van der Waals surface area contributed by atoms with Crippen molar-refractivity contribution >= 4 is 11.8 Å². The normalized spacial score (nSPS) is 20.8. The van der Waals surface area contributed by atoms with Gasteiger partial charge in [0.25, 0.3) is 5.69 Å². The molecule has 1 aliphatic rings. The minimum absolute atomic E-state index is 0.172. The van der Waals surface area contributed by atoms with Crippen LogP contribution in [0.25, 0.3) is 6.08 Å². The molecule has 0 radical (unpaired) electrons. The molecule has 0 aliphatic carbocycles. The van der Waals surface area contributed by atoms with E-state index >= 15 is 0 Å². The fraction of sp³-hybridized carbons (Fsp3) is 0.467. The maximum Gasteiger partial charge on any atom is 0.276 e. The van der Waals surface area contributed by atoms with Crippen LogP contribution in [-0.4, -0.2) is 29.5 Å². The van der Waals surface area contributed by atoms with Crippen LogP contribution in [0.2, 0.25) is 0 Å². The van der Waals surface area contributed by atoms with E-state index in [0.29, 0.717) is 5.56 Å². The third kappa shape index (κ3) is 3.89. The molecule has 19 heavy (non-hydrogen) atoms. The molecule has 1 unspecified atom stereocenters. The molecular weight excluding hydrogens is 240 g/mol. The maximum absolute atomic E-state index is 10.9. The van der Waals surface area contributed by atoms with E-state index in [1.807, 2.05) is 18.2 Å². The summed E-state index contributed by atoms with van der Waals surface area (Å²) in [6.07, 6.45) is 6.45. The highest BCUT2D eigenvalue weighted by Crippen LogP contribution is 2.19. The van der Waals surface area contributed by atoms with Crippen molar-refractivity contribution in [3.8, 4) is 0 Å². The summed E-state index contributed by atoms with van der Waals surface area (Å²) < 4.78 is 0. The Morgan fingerprint density at radius 3 is 3.00 bits per heavy atom. The van der Waals surface area contributed by atoms with Crippen LogP contribution in [0.1, 0.15) is 25.3 Å². The van der Waals surface area contributed by atoms with Crippen molar-refractivity contribution in [3.63, 3.8) is 0 Å². The molecule has 0 N–H and O–H groups in total. The van der Waals surface area contributed by atoms with Gasteiger partial charge in [0.2, 0.25) is 0 Å². The molecule has 2 rings (SSSR count). The first-order valence-electron chi connectivity index (χ1n) is 6.79. The van der Waals surface area contributed by atoms with Crippen LogP contribution < -0.4 is 0 Å². The molecular formula is C15H20N2O2. The van der Waals surface area contributed by atoms with Crippen LogP contribution in [0, 0.1) is 16.0 Å². The lowest BCUT2D eigenvalue weighted by atomic mass is 10.0. The molecule has 1 aromatic rings. The molecule has 1 aliphatic heterocycles. The van der Waals surface area contributed by atoms with E-state index in [4.69, 9.17) is 0 Å². The summed E-state index contributed by atoms with van der Waals surface area (Å²) in [6, 6.07) is 6.85. The van der Waals surface area contributed by atoms with Gasteiger partial charge in [0, 0.05) is 19.2 Å². The number of nitro groups is 1. The average molecular weight is 260 g/mol. The molecule has 1 saturated heterocycles. The Bertz CT molecular complexity index is 471. The predicted octanol–water partition coefficient (Wildman–Crippen LogP) is 3.34. The molecule has 4 nitrogen and oxygen atoms in total. The first-order valence-corrected chi connectivity index (χ1v) is 6.79. The van der Waals surface area contributed by atoms with Gasteiger partial charge < -0.3 is 0 Å². The number of benzene rings is 1. The Kier molecular flexibility index (Phi) is 4.68. The van der Waals surface area contributed by atoms with Crippen LogP contribution in [0.15, 0.2) is 30.3 Å². The topological polar surface area (TPSA) is 46.4 Å². The average Bonchev–Trinajstić information content (AvgIpc) is 2.39. The summed E-state index contributed by atoms with van der Waals surface area (Å²) in [6.45, 7) is 5.40. The summed E-state index contributed by atoms with van der Waals surface area (Å²) in [5.41, 5.74) is 0.850. The SMILES string of the molecule is CC1CCCN(CC=Cc2ccccc2[N+](=O)[O-])C1. The van der Waals surface area contributed by atoms with Gasteiger partial charge in [-0.15, -0.1) is 0 Å². The highest BCUT2D eigenvalue weighted by molar-refractivity contribution is 5.60. The van der Waals surface area contributed by atoms with E-state index < -0.39 is 0 Å². The number of likely N-dealkylation sites (tertiary alicyclic amines) is 1. The molecule has 0 saturated carbocycles. The third-order valence-corrected chi connectivity index (χ3v) is 3.54. The van der Waals surface area contributed by atoms with Gasteiger partial charge in [-0.1, -0.05) is 31.2 Å². The number of hydrogen-bond acceptors (Lipinski definition) is 3. The Labute approximate surface area is 113 Å². The number of nitro benzene ring substituents is 1. The number of piperidine rings is 1. The van der Waals surface area contributed by atoms with Crippen molar-refractivity contribution in [1.29, 1.82) is 0 Å². The zero-order valence-electron chi connectivity index (χ0n) is 11.3. The monoisotopic (exact) mass is 260 g/mol. The standard InChI is InChI=1S/C15H20N2O2/c1-13-6-4-10-16(12-13)11-5-8-14-7-2-3-9-15(14)17(18)19/h2-3,5,7-9,13H,4,6,10-12H2,1H3. The third-order valence-electron chi connectivity index (χ3n) is 3.54. The first kappa shape index (κ1) is 13.7. The van der Waals surface area contributed by atoms with Crippen LogP contribution in [-0.2, 0) is 0 Å². The zero-order chi connectivity index (χ0) is 13.7. The van der Waals surface area contributed by atoms with Gasteiger partial charge in [-0.2, -0.15) is 0 Å². The minimum atomic E-state index is -0.331. The fourth-order valence-electron chi connectivity index (χ4n) is 2.58. The first-order chi connectivity index (χ1) is 9.16. The van der Waals surface area contributed by atoms with Crippen molar-refractivity contribution in [2.45, 2.75) is 19.8 Å². The second kappa shape index (κ2) is 6.48. The summed E-state index contributed by atoms with van der Waals surface area (Å²) in [5, 5.41) is 10.9. The van der Waals surface area contributed by atoms with E-state index in [2.05, 4.69) is 11.8 Å². The predicted molar refractivity (Wildman–Crippen MR) is 77.0 cm³/mol. The number of para-hydroxylation sites is 1. The van der Waals surface area contributed by atoms with Crippen molar-refractivity contribution in [1.82, 2.24) is 4.90 Å². The molecule has 102 valence electrons. The van der Waals surface area contributed by atoms with Crippen LogP contribution in [0.3, 0.4) is 0 Å². The Hall–Kier alpha value is -1.68. The van der Waals surface area contributed by atoms with E-state index in [1.54, 1.807) is 18.2 Å². The van der Waals surface area contributed by atoms with E-state index in [0.717, 1.165) is 25.6 Å². The zero-order valence-corrected chi connectivity index (χ0v) is 11.3. The van der Waals surface area contributed by atoms with Gasteiger partial charge in [-0.05, 0) is 31.4 Å². The summed E-state index contributed by atoms with van der Waals surface area (Å²) in [4.78, 5) is 13.0. The molecule has 1 atom stereocenters. The number of nitrogens with zero attached hydrogens (tertiary/aromatic N) is 2. The van der Waals surface area contributed by atoms with Gasteiger partial charge in [-0.3, -0.25) is 15.0 Å². The lowest BCUT2D eigenvalue weighted by molar-refractivity contribution is -0.385. The smallest absolute Gasteiger partial charge is 0.276 e. The molecule has 0 bridgehead atoms. The molecule has 0 spiro atoms. The highest BCUT2D eigenvalue weighted by atomic mass is 16.6. The van der Waals surface area contributed by atoms with Gasteiger partial charge in [-0.25, -0.2) is 0 Å². The van der Waals surface area contributed by atoms with Crippen LogP contribution in [0.5, 0.6) is 0 Å². The lowest BCUT2D eigenvalue weighted by Gasteiger charge is -2.29. The van der Waals surface area contributed by atoms with Crippen LogP contribution >= 0.6 is 0 Å². The quantitative estimate of drug-likeness (QED) is 0.616. The second-order valence-electron chi connectivity index (χ2n) is 5.23. The van der Waals surface area contributed by atoms with E-state index in [-0.39, 0.29) is 10.6 Å². The van der Waals surface area contributed by atoms with E-state index in [9.17, 15) is 10.1 Å². The highest BCUT2D eigenvalue weighted by Gasteiger charge is 2.15. The lowest BCUT2D eigenvalue weighted by Crippen LogP contribution is -2.34. The van der Waals surface area contributed by atoms with Gasteiger partial charge in [0.15, 0.2) is 0 Å². The largest absolute Gasteiger partial charge is 0.299 e. The summed E-state index contributed by atoms with van der Waals surface area (Å²) in [5.74, 6) is 0.758. The molecule has 0 aromatic heterocycles. The molecule has 4 heteroatoms. The maximum atomic E-state index is 10.9. The van der Waals surface area contributed by atoms with Crippen molar-refractivity contribution in [2.24, 2.45) is 5.92 Å². The molecule has 1 aromatic carbocycles. The van der Waals surface area contributed by atoms with E-state index in [1.165, 1.54) is 12.8 Å². The summed E-state index contributed by atoms with van der Waals surface area (Å²) >= 11 is 0. The summed E-state index contributed by atoms with van der Waals surface area (Å²) in [7, 11) is 0. The second-order valence-corrected chi connectivity index (χ2v) is 5.23. The van der Waals surface area contributed by atoms with Crippen LogP contribution in [0.4, 0.5) is 5.69 Å². The molecule has 1 fully saturated rings. The number of rotatable bonds is 4. The van der Waals surface area contributed by atoms with Crippen molar-refractivity contribution in [3.05, 3.63) is 46.0 Å². The van der Waals surface area contributed by atoms with Crippen molar-refractivity contribution in [2.75, 3.05) is 19.6 Å². The molecule has 1 heterocycles. The Morgan fingerprint density at radius 1 is 1.47 bits per heavy atom. The Balaban J connectivity index is 1.97. The van der Waals surface area contributed by atoms with Gasteiger partial charge in [0.1, 0.15) is 0 Å². The van der Waals surface area contributed by atoms with Crippen molar-refractivity contribution < 1.29 is 4.92 Å². The van der Waals surface area contributed by atoms with Gasteiger partial charge >= 0.3 is 0 Å². The minimum Gasteiger partial charge on any atom is -0.299 e. The Morgan fingerprint density at radius 2 is 2.26 bits per heavy atom. The molecule has 0 amide bonds. The van der Waals surface area contributed by atoms with Gasteiger partial charge in [0.05, 0.1) is 10.5 Å². The fourth-order valence-corrected chi connectivity index (χ4v) is 2.58. The number of hydrogen-bond donors (Lipinski definition) is 0.